The van der Waals surface area contributed by atoms with Gasteiger partial charge in [0.2, 0.25) is 0 Å². The molecule has 2 aromatic rings. The second kappa shape index (κ2) is 11.9. The Kier molecular flexibility index (Phi) is 10.7. The summed E-state index contributed by atoms with van der Waals surface area (Å²) in [5.74, 6) is -4.37. The molecule has 0 aliphatic carbocycles. The van der Waals surface area contributed by atoms with Crippen LogP contribution in [0.4, 0.5) is 0 Å². The van der Waals surface area contributed by atoms with E-state index in [0.29, 0.717) is 0 Å². The van der Waals surface area contributed by atoms with Crippen LogP contribution in [0, 0.1) is 0 Å². The van der Waals surface area contributed by atoms with Crippen molar-refractivity contribution in [2.75, 3.05) is 42.3 Å². The molecular weight excluding hydrogens is 356 g/mol. The molecule has 2 rings (SSSR count). The molecule has 154 valence electrons. The highest BCUT2D eigenvalue weighted by Gasteiger charge is 2.07. The van der Waals surface area contributed by atoms with Gasteiger partial charge in [0, 0.05) is 11.1 Å². The van der Waals surface area contributed by atoms with E-state index in [9.17, 15) is 0 Å². The number of hydrogen-bond acceptors (Lipinski definition) is 4. The summed E-state index contributed by atoms with van der Waals surface area (Å²) in [4.78, 5) is 17.9. The van der Waals surface area contributed by atoms with E-state index in [2.05, 4.69) is 103 Å². The van der Waals surface area contributed by atoms with Crippen LogP contribution in [0.2, 0.25) is 0 Å². The SMILES string of the molecule is C[N+](C)(C)Cc1ccccc1.C[N+](C)(C)Cc1ccccc1.O=C([O-])C(=O)[O-]. The lowest BCUT2D eigenvalue weighted by Crippen LogP contribution is -2.42. The van der Waals surface area contributed by atoms with Gasteiger partial charge < -0.3 is 28.8 Å². The van der Waals surface area contributed by atoms with Gasteiger partial charge in [0.05, 0.1) is 54.2 Å². The monoisotopic (exact) mass is 388 g/mol. The molecule has 2 aromatic carbocycles. The molecule has 0 aliphatic heterocycles. The highest BCUT2D eigenvalue weighted by molar-refractivity contribution is 6.25. The molecule has 0 radical (unpaired) electrons. The summed E-state index contributed by atoms with van der Waals surface area (Å²) in [7, 11) is 13.2. The van der Waals surface area contributed by atoms with Crippen LogP contribution < -0.4 is 10.2 Å². The lowest BCUT2D eigenvalue weighted by molar-refractivity contribution is -0.884. The number of benzene rings is 2. The first kappa shape index (κ1) is 25.3. The fraction of sp³-hybridized carbons (Fsp3) is 0.364. The van der Waals surface area contributed by atoms with Crippen LogP contribution in [0.5, 0.6) is 0 Å². The minimum atomic E-state index is -2.19. The maximum Gasteiger partial charge on any atom is 0.104 e. The van der Waals surface area contributed by atoms with Gasteiger partial charge in [-0.3, -0.25) is 0 Å². The molecule has 0 saturated carbocycles. The van der Waals surface area contributed by atoms with Crippen LogP contribution in [-0.4, -0.2) is 63.2 Å². The van der Waals surface area contributed by atoms with Gasteiger partial charge in [-0.15, -0.1) is 0 Å². The third-order valence-corrected chi connectivity index (χ3v) is 3.17. The molecule has 0 aliphatic rings. The minimum absolute atomic E-state index is 0.990. The van der Waals surface area contributed by atoms with Gasteiger partial charge in [0.15, 0.2) is 0 Å². The van der Waals surface area contributed by atoms with E-state index in [-0.39, 0.29) is 0 Å². The third kappa shape index (κ3) is 15.5. The standard InChI is InChI=1S/2C10H16N.C2H2O4/c2*1-11(2,3)9-10-7-5-4-6-8-10;3-1(4)2(5)6/h2*4-8H,9H2,1-3H3;(H,3,4)(H,5,6)/q2*+1;/p-2. The number of carbonyl (C=O) groups is 2. The maximum atomic E-state index is 8.93. The molecule has 0 saturated heterocycles. The Labute approximate surface area is 168 Å². The molecule has 0 spiro atoms. The Morgan fingerprint density at radius 1 is 0.607 bits per heavy atom. The Morgan fingerprint density at radius 3 is 1.04 bits per heavy atom. The molecule has 0 amide bonds. The van der Waals surface area contributed by atoms with E-state index >= 15 is 0 Å². The zero-order chi connectivity index (χ0) is 21.8. The van der Waals surface area contributed by atoms with E-state index in [1.54, 1.807) is 0 Å². The number of aliphatic carboxylic acids is 2. The molecule has 0 heterocycles. The van der Waals surface area contributed by atoms with Crippen molar-refractivity contribution in [3.05, 3.63) is 71.8 Å². The van der Waals surface area contributed by atoms with Crippen molar-refractivity contribution < 1.29 is 28.8 Å². The lowest BCUT2D eigenvalue weighted by atomic mass is 10.2. The summed E-state index contributed by atoms with van der Waals surface area (Å²) in [5.41, 5.74) is 2.81. The van der Waals surface area contributed by atoms with Crippen molar-refractivity contribution >= 4 is 11.9 Å². The van der Waals surface area contributed by atoms with Gasteiger partial charge in [-0.05, 0) is 0 Å². The number of hydrogen-bond donors (Lipinski definition) is 0. The Balaban J connectivity index is 0.000000411. The van der Waals surface area contributed by atoms with Gasteiger partial charge in [-0.1, -0.05) is 60.7 Å². The number of nitrogens with zero attached hydrogens (tertiary/aromatic N) is 2. The zero-order valence-corrected chi connectivity index (χ0v) is 17.7. The summed E-state index contributed by atoms with van der Waals surface area (Å²) >= 11 is 0. The summed E-state index contributed by atoms with van der Waals surface area (Å²) in [6, 6.07) is 21.1. The molecular formula is C22H32N2O4. The first-order valence-corrected chi connectivity index (χ1v) is 8.91. The van der Waals surface area contributed by atoms with E-state index in [1.165, 1.54) is 11.1 Å². The molecule has 0 atom stereocenters. The summed E-state index contributed by atoms with van der Waals surface area (Å²) in [6.07, 6.45) is 0. The summed E-state index contributed by atoms with van der Waals surface area (Å²) in [5, 5.41) is 17.9. The van der Waals surface area contributed by atoms with Crippen LogP contribution in [0.1, 0.15) is 11.1 Å². The number of quaternary nitrogens is 2. The van der Waals surface area contributed by atoms with Crippen LogP contribution >= 0.6 is 0 Å². The van der Waals surface area contributed by atoms with Gasteiger partial charge in [-0.25, -0.2) is 0 Å². The summed E-state index contributed by atoms with van der Waals surface area (Å²) < 4.78 is 1.98. The van der Waals surface area contributed by atoms with E-state index in [1.807, 2.05) is 0 Å². The highest BCUT2D eigenvalue weighted by atomic mass is 16.4. The lowest BCUT2D eigenvalue weighted by Gasteiger charge is -2.23. The van der Waals surface area contributed by atoms with Crippen molar-refractivity contribution in [2.24, 2.45) is 0 Å². The first-order valence-electron chi connectivity index (χ1n) is 8.91. The number of carboxylic acids is 2. The Morgan fingerprint density at radius 2 is 0.857 bits per heavy atom. The molecule has 0 bridgehead atoms. The van der Waals surface area contributed by atoms with Crippen molar-refractivity contribution in [1.29, 1.82) is 0 Å². The molecule has 28 heavy (non-hydrogen) atoms. The summed E-state index contributed by atoms with van der Waals surface area (Å²) in [6.45, 7) is 2.20. The van der Waals surface area contributed by atoms with Crippen molar-refractivity contribution in [2.45, 2.75) is 13.1 Å². The predicted octanol–water partition coefficient (Wildman–Crippen LogP) is 0.272. The number of carboxylic acid groups (broad SMARTS) is 2. The van der Waals surface area contributed by atoms with Gasteiger partial charge in [0.25, 0.3) is 0 Å². The van der Waals surface area contributed by atoms with Crippen molar-refractivity contribution in [3.63, 3.8) is 0 Å². The van der Waals surface area contributed by atoms with Gasteiger partial charge in [-0.2, -0.15) is 0 Å². The Hall–Kier alpha value is -2.70. The van der Waals surface area contributed by atoms with E-state index < -0.39 is 11.9 Å². The molecule has 6 nitrogen and oxygen atoms in total. The third-order valence-electron chi connectivity index (χ3n) is 3.17. The molecule has 0 aromatic heterocycles. The van der Waals surface area contributed by atoms with Crippen molar-refractivity contribution in [3.8, 4) is 0 Å². The fourth-order valence-corrected chi connectivity index (χ4v) is 2.26. The van der Waals surface area contributed by atoms with E-state index in [0.717, 1.165) is 22.1 Å². The molecule has 0 unspecified atom stereocenters. The van der Waals surface area contributed by atoms with Gasteiger partial charge in [0.1, 0.15) is 13.1 Å². The van der Waals surface area contributed by atoms with E-state index in [4.69, 9.17) is 19.8 Å². The first-order chi connectivity index (χ1) is 12.8. The second-order valence-electron chi connectivity index (χ2n) is 8.44. The molecule has 0 N–H and O–H groups in total. The van der Waals surface area contributed by atoms with Crippen LogP contribution in [0.15, 0.2) is 60.7 Å². The fourth-order valence-electron chi connectivity index (χ4n) is 2.26. The topological polar surface area (TPSA) is 80.3 Å². The second-order valence-corrected chi connectivity index (χ2v) is 8.44. The highest BCUT2D eigenvalue weighted by Crippen LogP contribution is 2.05. The van der Waals surface area contributed by atoms with Crippen molar-refractivity contribution in [1.82, 2.24) is 0 Å². The smallest absolute Gasteiger partial charge is 0.104 e. The largest absolute Gasteiger partial charge is 0.543 e. The quantitative estimate of drug-likeness (QED) is 0.556. The maximum absolute atomic E-state index is 8.93. The zero-order valence-electron chi connectivity index (χ0n) is 17.7. The Bertz CT molecular complexity index is 639. The average molecular weight is 389 g/mol. The number of carbonyl (C=O) groups excluding carboxylic acids is 2. The minimum Gasteiger partial charge on any atom is -0.543 e. The van der Waals surface area contributed by atoms with Crippen LogP contribution in [0.25, 0.3) is 0 Å². The normalized spacial score (nSPS) is 10.6. The van der Waals surface area contributed by atoms with Gasteiger partial charge >= 0.3 is 0 Å². The predicted molar refractivity (Wildman–Crippen MR) is 106 cm³/mol. The molecule has 6 heteroatoms. The molecule has 0 fully saturated rings. The van der Waals surface area contributed by atoms with Crippen LogP contribution in [0.3, 0.4) is 0 Å². The number of rotatable bonds is 4. The average Bonchev–Trinajstić information content (AvgIpc) is 2.54. The van der Waals surface area contributed by atoms with Crippen LogP contribution in [-0.2, 0) is 22.7 Å².